The second kappa shape index (κ2) is 8.16. The number of aromatic nitrogens is 2. The fourth-order valence-corrected chi connectivity index (χ4v) is 3.88. The molecule has 0 unspecified atom stereocenters. The van der Waals surface area contributed by atoms with Crippen LogP contribution in [0.1, 0.15) is 47.7 Å². The maximum Gasteiger partial charge on any atom is 0.345 e. The van der Waals surface area contributed by atoms with Gasteiger partial charge in [0.25, 0.3) is 0 Å². The Morgan fingerprint density at radius 3 is 2.83 bits per heavy atom. The monoisotopic (exact) mass is 417 g/mol. The number of ether oxygens (including phenoxy) is 2. The third-order valence-corrected chi connectivity index (χ3v) is 5.93. The van der Waals surface area contributed by atoms with Gasteiger partial charge in [-0.3, -0.25) is 0 Å². The molecule has 7 nitrogen and oxygen atoms in total. The van der Waals surface area contributed by atoms with E-state index in [0.717, 1.165) is 25.1 Å². The Labute approximate surface area is 174 Å². The minimum Gasteiger partial charge on any atom is -0.472 e. The van der Waals surface area contributed by atoms with Gasteiger partial charge in [0.1, 0.15) is 12.2 Å². The van der Waals surface area contributed by atoms with Crippen LogP contribution in [0.5, 0.6) is 5.88 Å². The van der Waals surface area contributed by atoms with E-state index in [2.05, 4.69) is 14.9 Å². The Kier molecular flexibility index (Phi) is 5.61. The summed E-state index contributed by atoms with van der Waals surface area (Å²) in [5.41, 5.74) is 2.10. The van der Waals surface area contributed by atoms with Gasteiger partial charge < -0.3 is 19.5 Å². The largest absolute Gasteiger partial charge is 0.472 e. The third-order valence-electron chi connectivity index (χ3n) is 5.58. The summed E-state index contributed by atoms with van der Waals surface area (Å²) >= 11 is 6.16. The molecule has 2 aromatic rings. The normalized spacial score (nSPS) is 16.9. The summed E-state index contributed by atoms with van der Waals surface area (Å²) in [4.78, 5) is 23.4. The second-order valence-corrected chi connectivity index (χ2v) is 8.06. The van der Waals surface area contributed by atoms with E-state index < -0.39 is 5.97 Å². The van der Waals surface area contributed by atoms with E-state index in [9.17, 15) is 9.90 Å². The van der Waals surface area contributed by atoms with E-state index >= 15 is 0 Å². The van der Waals surface area contributed by atoms with Gasteiger partial charge in [-0.15, -0.1) is 0 Å². The van der Waals surface area contributed by atoms with Crippen molar-refractivity contribution < 1.29 is 19.4 Å². The fraction of sp³-hybridized carbons (Fsp3) is 0.476. The van der Waals surface area contributed by atoms with Crippen molar-refractivity contribution in [2.75, 3.05) is 24.6 Å². The minimum atomic E-state index is -0.511. The molecule has 0 amide bonds. The van der Waals surface area contributed by atoms with Crippen molar-refractivity contribution in [2.45, 2.75) is 39.4 Å². The van der Waals surface area contributed by atoms with Crippen LogP contribution in [-0.4, -0.2) is 40.7 Å². The van der Waals surface area contributed by atoms with Crippen molar-refractivity contribution in [3.05, 3.63) is 46.1 Å². The zero-order valence-corrected chi connectivity index (χ0v) is 17.1. The molecule has 0 bridgehead atoms. The van der Waals surface area contributed by atoms with Gasteiger partial charge in [-0.05, 0) is 48.8 Å². The molecular formula is C21H24ClN3O4. The fourth-order valence-electron chi connectivity index (χ4n) is 3.62. The first kappa shape index (κ1) is 19.9. The number of hydrogen-bond donors (Lipinski definition) is 1. The zero-order valence-electron chi connectivity index (χ0n) is 16.4. The number of anilines is 1. The molecule has 2 fully saturated rings. The first-order valence-corrected chi connectivity index (χ1v) is 10.2. The smallest absolute Gasteiger partial charge is 0.345 e. The van der Waals surface area contributed by atoms with Crippen molar-refractivity contribution in [3.8, 4) is 5.88 Å². The number of nitrogens with zero attached hydrogens (tertiary/aromatic N) is 3. The van der Waals surface area contributed by atoms with Gasteiger partial charge in [0.05, 0.1) is 19.4 Å². The van der Waals surface area contributed by atoms with Gasteiger partial charge >= 0.3 is 5.97 Å². The van der Waals surface area contributed by atoms with Crippen LogP contribution in [0, 0.1) is 5.41 Å². The average Bonchev–Trinajstić information content (AvgIpc) is 3.35. The van der Waals surface area contributed by atoms with Crippen LogP contribution in [0.3, 0.4) is 0 Å². The number of aliphatic hydroxyl groups is 1. The molecule has 8 heteroatoms. The first-order chi connectivity index (χ1) is 14.0. The number of benzene rings is 1. The van der Waals surface area contributed by atoms with Crippen LogP contribution in [0.15, 0.2) is 24.4 Å². The summed E-state index contributed by atoms with van der Waals surface area (Å²) in [7, 11) is 0. The van der Waals surface area contributed by atoms with Crippen molar-refractivity contribution in [2.24, 2.45) is 5.41 Å². The van der Waals surface area contributed by atoms with Crippen molar-refractivity contribution in [1.82, 2.24) is 9.97 Å². The molecule has 1 spiro atoms. The van der Waals surface area contributed by atoms with Crippen LogP contribution in [-0.2, 0) is 18.0 Å². The SMILES string of the molecule is CCOC(=O)c1cnc(N2CCC3(CC3)C2)nc1OCc1ccc(CO)c(Cl)c1. The minimum absolute atomic E-state index is 0.125. The molecule has 1 N–H and O–H groups in total. The molecule has 1 aromatic carbocycles. The van der Waals surface area contributed by atoms with Gasteiger partial charge in [0.2, 0.25) is 11.8 Å². The lowest BCUT2D eigenvalue weighted by atomic mass is 10.1. The summed E-state index contributed by atoms with van der Waals surface area (Å²) < 4.78 is 11.0. The second-order valence-electron chi connectivity index (χ2n) is 7.65. The number of hydrogen-bond acceptors (Lipinski definition) is 7. The molecule has 1 aromatic heterocycles. The first-order valence-electron chi connectivity index (χ1n) is 9.84. The summed E-state index contributed by atoms with van der Waals surface area (Å²) in [6.45, 7) is 3.92. The van der Waals surface area contributed by atoms with Crippen LogP contribution < -0.4 is 9.64 Å². The maximum atomic E-state index is 12.3. The molecule has 1 aliphatic heterocycles. The molecule has 29 heavy (non-hydrogen) atoms. The Balaban J connectivity index is 1.55. The van der Waals surface area contributed by atoms with E-state index in [1.807, 2.05) is 6.07 Å². The molecule has 2 aliphatic rings. The van der Waals surface area contributed by atoms with Crippen LogP contribution in [0.25, 0.3) is 0 Å². The van der Waals surface area contributed by atoms with E-state index in [0.29, 0.717) is 21.9 Å². The number of esters is 1. The van der Waals surface area contributed by atoms with Gasteiger partial charge in [-0.2, -0.15) is 4.98 Å². The lowest BCUT2D eigenvalue weighted by molar-refractivity contribution is 0.0519. The molecule has 1 saturated carbocycles. The van der Waals surface area contributed by atoms with E-state index in [1.165, 1.54) is 19.0 Å². The molecule has 0 atom stereocenters. The predicted octanol–water partition coefficient (Wildman–Crippen LogP) is 3.37. The Bertz CT molecular complexity index is 917. The lowest BCUT2D eigenvalue weighted by Gasteiger charge is -2.18. The quantitative estimate of drug-likeness (QED) is 0.691. The predicted molar refractivity (Wildman–Crippen MR) is 108 cm³/mol. The zero-order chi connectivity index (χ0) is 20.4. The summed E-state index contributed by atoms with van der Waals surface area (Å²) in [5.74, 6) is 0.265. The highest BCUT2D eigenvalue weighted by Crippen LogP contribution is 2.53. The summed E-state index contributed by atoms with van der Waals surface area (Å²) in [6.07, 6.45) is 5.16. The standard InChI is InChI=1S/C21H24ClN3O4/c1-2-28-19(27)16-10-23-20(25-8-7-21(13-25)5-6-21)24-18(16)29-12-14-3-4-15(11-26)17(22)9-14/h3-4,9-10,26H,2,5-8,11-13H2,1H3. The Morgan fingerprint density at radius 2 is 2.17 bits per heavy atom. The molecule has 1 saturated heterocycles. The number of halogens is 1. The van der Waals surface area contributed by atoms with Crippen molar-refractivity contribution in [3.63, 3.8) is 0 Å². The summed E-state index contributed by atoms with van der Waals surface area (Å²) in [5, 5.41) is 9.72. The summed E-state index contributed by atoms with van der Waals surface area (Å²) in [6, 6.07) is 5.30. The molecular weight excluding hydrogens is 394 g/mol. The molecule has 1 aliphatic carbocycles. The lowest BCUT2D eigenvalue weighted by Crippen LogP contribution is -2.23. The highest BCUT2D eigenvalue weighted by atomic mass is 35.5. The highest BCUT2D eigenvalue weighted by molar-refractivity contribution is 6.31. The van der Waals surface area contributed by atoms with Crippen molar-refractivity contribution >= 4 is 23.5 Å². The average molecular weight is 418 g/mol. The van der Waals surface area contributed by atoms with Gasteiger partial charge in [-0.1, -0.05) is 23.7 Å². The van der Waals surface area contributed by atoms with Gasteiger partial charge in [-0.25, -0.2) is 9.78 Å². The topological polar surface area (TPSA) is 84.8 Å². The Hall–Kier alpha value is -2.38. The molecule has 154 valence electrons. The highest BCUT2D eigenvalue weighted by Gasteiger charge is 2.48. The number of aliphatic hydroxyl groups excluding tert-OH is 1. The molecule has 0 radical (unpaired) electrons. The van der Waals surface area contributed by atoms with E-state index in [1.54, 1.807) is 19.1 Å². The number of carbonyl (C=O) groups excluding carboxylic acids is 1. The number of rotatable bonds is 7. The van der Waals surface area contributed by atoms with Gasteiger partial charge in [0.15, 0.2) is 0 Å². The maximum absolute atomic E-state index is 12.3. The van der Waals surface area contributed by atoms with Crippen LogP contribution in [0.2, 0.25) is 5.02 Å². The van der Waals surface area contributed by atoms with Gasteiger partial charge in [0, 0.05) is 18.1 Å². The molecule has 2 heterocycles. The van der Waals surface area contributed by atoms with E-state index in [-0.39, 0.29) is 31.3 Å². The molecule has 4 rings (SSSR count). The van der Waals surface area contributed by atoms with Crippen LogP contribution >= 0.6 is 11.6 Å². The Morgan fingerprint density at radius 1 is 1.34 bits per heavy atom. The van der Waals surface area contributed by atoms with Crippen LogP contribution in [0.4, 0.5) is 5.95 Å². The van der Waals surface area contributed by atoms with Crippen molar-refractivity contribution in [1.29, 1.82) is 0 Å². The van der Waals surface area contributed by atoms with E-state index in [4.69, 9.17) is 21.1 Å². The number of carbonyl (C=O) groups is 1. The third kappa shape index (κ3) is 4.31.